The van der Waals surface area contributed by atoms with Crippen LogP contribution in [0.4, 0.5) is 22.0 Å². The zero-order chi connectivity index (χ0) is 28.5. The first-order chi connectivity index (χ1) is 19.8. The summed E-state index contributed by atoms with van der Waals surface area (Å²) in [7, 11) is 4.14. The molecule has 13 heteroatoms. The van der Waals surface area contributed by atoms with E-state index in [9.17, 15) is 9.59 Å². The minimum absolute atomic E-state index is 0.0496. The summed E-state index contributed by atoms with van der Waals surface area (Å²) in [6, 6.07) is 6.52. The van der Waals surface area contributed by atoms with Crippen molar-refractivity contribution in [3.63, 3.8) is 0 Å². The minimum atomic E-state index is -0.340. The topological polar surface area (TPSA) is 132 Å². The molecule has 3 aromatic heterocycles. The Hall–Kier alpha value is -3.64. The van der Waals surface area contributed by atoms with Gasteiger partial charge in [-0.2, -0.15) is 0 Å². The second-order valence-electron chi connectivity index (χ2n) is 11.6. The van der Waals surface area contributed by atoms with Crippen LogP contribution in [0.15, 0.2) is 30.6 Å². The number of carbonyl (C=O) groups excluding carboxylic acids is 2. The molecule has 3 aromatic rings. The molecule has 1 atom stereocenters. The summed E-state index contributed by atoms with van der Waals surface area (Å²) in [5.41, 5.74) is 2.31. The number of hydrogen-bond donors (Lipinski definition) is 4. The maximum absolute atomic E-state index is 13.2. The molecule has 3 aliphatic rings. The molecule has 0 bridgehead atoms. The Kier molecular flexibility index (Phi) is 7.85. The molecule has 1 saturated heterocycles. The lowest BCUT2D eigenvalue weighted by Crippen LogP contribution is -2.47. The van der Waals surface area contributed by atoms with Crippen molar-refractivity contribution in [3.8, 4) is 0 Å². The van der Waals surface area contributed by atoms with Gasteiger partial charge < -0.3 is 31.1 Å². The predicted molar refractivity (Wildman–Crippen MR) is 159 cm³/mol. The molecule has 41 heavy (non-hydrogen) atoms. The second kappa shape index (κ2) is 11.7. The number of carbonyl (C=O) groups is 2. The fraction of sp³-hybridized carbons (Fsp3) is 0.536. The lowest BCUT2D eigenvalue weighted by molar-refractivity contribution is 0.102. The average Bonchev–Trinajstić information content (AvgIpc) is 3.42. The van der Waals surface area contributed by atoms with Crippen molar-refractivity contribution in [2.75, 3.05) is 43.1 Å². The molecular formula is C28H37ClN10O2. The molecule has 0 spiro atoms. The van der Waals surface area contributed by atoms with E-state index in [-0.39, 0.29) is 24.0 Å². The maximum Gasteiger partial charge on any atom is 0.317 e. The third-order valence-corrected chi connectivity index (χ3v) is 8.42. The van der Waals surface area contributed by atoms with Gasteiger partial charge in [0.15, 0.2) is 11.3 Å². The molecule has 0 unspecified atom stereocenters. The number of hydrogen-bond acceptors (Lipinski definition) is 8. The first-order valence-electron chi connectivity index (χ1n) is 14.4. The SMILES string of the molecule is CN(C)[C@@H]1CCN(C(=O)N[C@H]2CC[C@H](Nc3cc(NC4CC4)c4ncc(C(=O)Nc5ccnc(Cl)c5)n4n3)CC2)C1. The third kappa shape index (κ3) is 6.48. The van der Waals surface area contributed by atoms with Gasteiger partial charge in [0, 0.05) is 55.2 Å². The van der Waals surface area contributed by atoms with Gasteiger partial charge in [-0.05, 0) is 71.2 Å². The molecule has 3 amide bonds. The van der Waals surface area contributed by atoms with Crippen LogP contribution in [0, 0.1) is 0 Å². The van der Waals surface area contributed by atoms with E-state index in [1.807, 2.05) is 11.0 Å². The molecule has 218 valence electrons. The first-order valence-corrected chi connectivity index (χ1v) is 14.8. The monoisotopic (exact) mass is 580 g/mol. The number of anilines is 3. The van der Waals surface area contributed by atoms with E-state index in [0.717, 1.165) is 63.7 Å². The van der Waals surface area contributed by atoms with Gasteiger partial charge in [0.05, 0.1) is 11.9 Å². The molecule has 0 aromatic carbocycles. The number of halogens is 1. The number of imidazole rings is 1. The number of amides is 3. The molecule has 12 nitrogen and oxygen atoms in total. The fourth-order valence-electron chi connectivity index (χ4n) is 5.63. The Morgan fingerprint density at radius 2 is 1.71 bits per heavy atom. The van der Waals surface area contributed by atoms with Gasteiger partial charge in [-0.3, -0.25) is 4.79 Å². The zero-order valence-electron chi connectivity index (χ0n) is 23.4. The Morgan fingerprint density at radius 3 is 2.41 bits per heavy atom. The number of aromatic nitrogens is 4. The molecule has 3 fully saturated rings. The van der Waals surface area contributed by atoms with Crippen LogP contribution in [0.2, 0.25) is 5.15 Å². The lowest BCUT2D eigenvalue weighted by Gasteiger charge is -2.31. The van der Waals surface area contributed by atoms with Gasteiger partial charge in [0.2, 0.25) is 0 Å². The molecular weight excluding hydrogens is 544 g/mol. The number of fused-ring (bicyclic) bond motifs is 1. The summed E-state index contributed by atoms with van der Waals surface area (Å²) in [4.78, 5) is 38.6. The number of likely N-dealkylation sites (tertiary alicyclic amines) is 1. The smallest absolute Gasteiger partial charge is 0.317 e. The molecule has 2 aliphatic carbocycles. The lowest BCUT2D eigenvalue weighted by atomic mass is 9.91. The highest BCUT2D eigenvalue weighted by Gasteiger charge is 2.30. The third-order valence-electron chi connectivity index (χ3n) is 8.21. The number of likely N-dealkylation sites (N-methyl/N-ethyl adjacent to an activating group) is 1. The summed E-state index contributed by atoms with van der Waals surface area (Å²) < 4.78 is 1.59. The van der Waals surface area contributed by atoms with E-state index in [1.165, 1.54) is 12.4 Å². The number of pyridine rings is 1. The molecule has 1 aliphatic heterocycles. The highest BCUT2D eigenvalue weighted by atomic mass is 35.5. The Balaban J connectivity index is 1.11. The van der Waals surface area contributed by atoms with E-state index in [0.29, 0.717) is 40.1 Å². The number of urea groups is 1. The first kappa shape index (κ1) is 27.5. The minimum Gasteiger partial charge on any atom is -0.379 e. The summed E-state index contributed by atoms with van der Waals surface area (Å²) in [5.74, 6) is 0.340. The van der Waals surface area contributed by atoms with Crippen molar-refractivity contribution in [2.24, 2.45) is 0 Å². The van der Waals surface area contributed by atoms with E-state index in [4.69, 9.17) is 16.7 Å². The summed E-state index contributed by atoms with van der Waals surface area (Å²) >= 11 is 5.98. The van der Waals surface area contributed by atoms with Gasteiger partial charge in [-0.1, -0.05) is 11.6 Å². The maximum atomic E-state index is 13.2. The molecule has 4 N–H and O–H groups in total. The van der Waals surface area contributed by atoms with Crippen molar-refractivity contribution in [3.05, 3.63) is 41.4 Å². The van der Waals surface area contributed by atoms with Crippen molar-refractivity contribution in [2.45, 2.75) is 69.1 Å². The Labute approximate surface area is 244 Å². The van der Waals surface area contributed by atoms with Crippen LogP contribution in [0.25, 0.3) is 5.65 Å². The van der Waals surface area contributed by atoms with E-state index in [1.54, 1.807) is 16.6 Å². The molecule has 2 saturated carbocycles. The van der Waals surface area contributed by atoms with E-state index < -0.39 is 0 Å². The highest BCUT2D eigenvalue weighted by molar-refractivity contribution is 6.29. The van der Waals surface area contributed by atoms with E-state index in [2.05, 4.69) is 50.2 Å². The average molecular weight is 581 g/mol. The second-order valence-corrected chi connectivity index (χ2v) is 11.9. The molecule has 0 radical (unpaired) electrons. The molecule has 6 rings (SSSR count). The number of rotatable bonds is 8. The predicted octanol–water partition coefficient (Wildman–Crippen LogP) is 3.67. The summed E-state index contributed by atoms with van der Waals surface area (Å²) in [6.07, 6.45) is 9.94. The summed E-state index contributed by atoms with van der Waals surface area (Å²) in [6.45, 7) is 1.59. The van der Waals surface area contributed by atoms with Crippen LogP contribution >= 0.6 is 11.6 Å². The normalized spacial score (nSPS) is 22.6. The Morgan fingerprint density at radius 1 is 0.976 bits per heavy atom. The van der Waals surface area contributed by atoms with Crippen molar-refractivity contribution in [1.29, 1.82) is 0 Å². The molecule has 4 heterocycles. The van der Waals surface area contributed by atoms with E-state index >= 15 is 0 Å². The van der Waals surface area contributed by atoms with Gasteiger partial charge >= 0.3 is 6.03 Å². The van der Waals surface area contributed by atoms with Gasteiger partial charge in [-0.25, -0.2) is 19.3 Å². The van der Waals surface area contributed by atoms with Crippen LogP contribution in [-0.2, 0) is 0 Å². The standard InChI is InChI=1S/C28H37ClN10O2/c1-37(2)21-10-12-38(16-21)28(41)35-19-7-5-18(6-8-19)33-25-14-22(32-17-3-4-17)26-31-15-23(39(26)36-25)27(40)34-20-9-11-30-24(29)13-20/h9,11,13-15,17-19,21,32H,3-8,10,12,16H2,1-2H3,(H,33,36)(H,35,41)(H,30,34,40)/t18-,19-,21-/m1/s1. The number of nitrogens with one attached hydrogen (secondary N) is 4. The Bertz CT molecular complexity index is 1420. The summed E-state index contributed by atoms with van der Waals surface area (Å²) in [5, 5.41) is 18.3. The van der Waals surface area contributed by atoms with Crippen LogP contribution < -0.4 is 21.3 Å². The van der Waals surface area contributed by atoms with Crippen LogP contribution in [-0.4, -0.2) is 92.7 Å². The zero-order valence-corrected chi connectivity index (χ0v) is 24.2. The van der Waals surface area contributed by atoms with Crippen molar-refractivity contribution < 1.29 is 9.59 Å². The fourth-order valence-corrected chi connectivity index (χ4v) is 5.80. The van der Waals surface area contributed by atoms with Crippen LogP contribution in [0.3, 0.4) is 0 Å². The van der Waals surface area contributed by atoms with Gasteiger partial charge in [-0.15, -0.1) is 5.10 Å². The highest BCUT2D eigenvalue weighted by Crippen LogP contribution is 2.30. The van der Waals surface area contributed by atoms with Crippen molar-refractivity contribution in [1.82, 2.24) is 34.7 Å². The quantitative estimate of drug-likeness (QED) is 0.297. The van der Waals surface area contributed by atoms with Crippen LogP contribution in [0.1, 0.15) is 55.4 Å². The van der Waals surface area contributed by atoms with Gasteiger partial charge in [0.1, 0.15) is 11.0 Å². The largest absolute Gasteiger partial charge is 0.379 e. The van der Waals surface area contributed by atoms with Gasteiger partial charge in [0.25, 0.3) is 5.91 Å². The van der Waals surface area contributed by atoms with Crippen LogP contribution in [0.5, 0.6) is 0 Å². The number of nitrogens with zero attached hydrogens (tertiary/aromatic N) is 6. The van der Waals surface area contributed by atoms with Crippen molar-refractivity contribution >= 4 is 46.4 Å².